The van der Waals surface area contributed by atoms with Crippen LogP contribution in [0.5, 0.6) is 0 Å². The lowest BCUT2D eigenvalue weighted by Gasteiger charge is -2.04. The van der Waals surface area contributed by atoms with Gasteiger partial charge >= 0.3 is 0 Å². The van der Waals surface area contributed by atoms with Crippen molar-refractivity contribution < 1.29 is 0 Å². The van der Waals surface area contributed by atoms with Gasteiger partial charge in [-0.1, -0.05) is 29.8 Å². The van der Waals surface area contributed by atoms with Gasteiger partial charge < -0.3 is 10.7 Å². The van der Waals surface area contributed by atoms with E-state index in [2.05, 4.69) is 34.0 Å². The second-order valence-electron chi connectivity index (χ2n) is 4.74. The highest BCUT2D eigenvalue weighted by atomic mass is 15.0. The van der Waals surface area contributed by atoms with E-state index in [-0.39, 0.29) is 0 Å². The monoisotopic (exact) mass is 252 g/mol. The van der Waals surface area contributed by atoms with E-state index in [4.69, 9.17) is 5.73 Å². The van der Waals surface area contributed by atoms with Crippen molar-refractivity contribution in [2.75, 3.05) is 0 Å². The lowest BCUT2D eigenvalue weighted by molar-refractivity contribution is 1.08. The van der Waals surface area contributed by atoms with Crippen LogP contribution in [0, 0.1) is 13.8 Å². The molecular formula is C15H16N4. The first-order valence-electron chi connectivity index (χ1n) is 6.30. The molecule has 1 aromatic carbocycles. The van der Waals surface area contributed by atoms with Crippen molar-refractivity contribution in [2.45, 2.75) is 20.4 Å². The van der Waals surface area contributed by atoms with Gasteiger partial charge in [0, 0.05) is 23.7 Å². The maximum atomic E-state index is 5.72. The van der Waals surface area contributed by atoms with Gasteiger partial charge in [-0.05, 0) is 19.4 Å². The first-order chi connectivity index (χ1) is 9.19. The number of aryl methyl sites for hydroxylation is 2. The Morgan fingerprint density at radius 2 is 1.84 bits per heavy atom. The van der Waals surface area contributed by atoms with Crippen LogP contribution in [0.3, 0.4) is 0 Å². The number of fused-ring (bicyclic) bond motifs is 1. The fourth-order valence-corrected chi connectivity index (χ4v) is 2.28. The molecule has 2 aromatic heterocycles. The zero-order chi connectivity index (χ0) is 13.4. The average molecular weight is 252 g/mol. The molecule has 0 amide bonds. The van der Waals surface area contributed by atoms with E-state index >= 15 is 0 Å². The average Bonchev–Trinajstić information content (AvgIpc) is 2.83. The first kappa shape index (κ1) is 11.9. The molecule has 0 radical (unpaired) electrons. The molecule has 0 saturated carbocycles. The number of hydrogen-bond donors (Lipinski definition) is 2. The molecule has 0 fully saturated rings. The van der Waals surface area contributed by atoms with Gasteiger partial charge in [-0.3, -0.25) is 0 Å². The standard InChI is InChI=1S/C15H16N4/c1-9-3-5-11(6-4-9)14-18-10(2)13-12(7-16)8-17-15(13)19-14/h3-6,8H,7,16H2,1-2H3,(H,17,18,19). The second kappa shape index (κ2) is 4.48. The third-order valence-corrected chi connectivity index (χ3v) is 3.32. The van der Waals surface area contributed by atoms with E-state index in [1.54, 1.807) is 0 Å². The summed E-state index contributed by atoms with van der Waals surface area (Å²) in [7, 11) is 0. The molecule has 0 aliphatic carbocycles. The minimum absolute atomic E-state index is 0.494. The quantitative estimate of drug-likeness (QED) is 0.736. The van der Waals surface area contributed by atoms with Crippen LogP contribution in [0.2, 0.25) is 0 Å². The summed E-state index contributed by atoms with van der Waals surface area (Å²) in [4.78, 5) is 12.3. The van der Waals surface area contributed by atoms with Gasteiger partial charge in [-0.25, -0.2) is 9.97 Å². The summed E-state index contributed by atoms with van der Waals surface area (Å²) < 4.78 is 0. The Morgan fingerprint density at radius 3 is 2.53 bits per heavy atom. The highest BCUT2D eigenvalue weighted by molar-refractivity contribution is 5.83. The van der Waals surface area contributed by atoms with Crippen molar-refractivity contribution in [3.63, 3.8) is 0 Å². The van der Waals surface area contributed by atoms with Gasteiger partial charge in [0.1, 0.15) is 5.65 Å². The van der Waals surface area contributed by atoms with Gasteiger partial charge in [-0.15, -0.1) is 0 Å². The Hall–Kier alpha value is -2.20. The van der Waals surface area contributed by atoms with Gasteiger partial charge in [0.25, 0.3) is 0 Å². The van der Waals surface area contributed by atoms with Crippen molar-refractivity contribution >= 4 is 11.0 Å². The Morgan fingerprint density at radius 1 is 1.11 bits per heavy atom. The van der Waals surface area contributed by atoms with E-state index in [1.807, 2.05) is 25.3 Å². The number of nitrogens with two attached hydrogens (primary N) is 1. The minimum atomic E-state index is 0.494. The highest BCUT2D eigenvalue weighted by Gasteiger charge is 2.11. The number of nitrogens with one attached hydrogen (secondary N) is 1. The van der Waals surface area contributed by atoms with Gasteiger partial charge in [0.15, 0.2) is 5.82 Å². The molecule has 0 spiro atoms. The van der Waals surface area contributed by atoms with Crippen LogP contribution < -0.4 is 5.73 Å². The summed E-state index contributed by atoms with van der Waals surface area (Å²) in [6.45, 7) is 4.56. The Bertz CT molecular complexity index is 726. The molecule has 0 aliphatic rings. The van der Waals surface area contributed by atoms with Crippen LogP contribution in [0.15, 0.2) is 30.5 Å². The van der Waals surface area contributed by atoms with Gasteiger partial charge in [0.2, 0.25) is 0 Å². The molecule has 3 N–H and O–H groups in total. The number of hydrogen-bond acceptors (Lipinski definition) is 3. The van der Waals surface area contributed by atoms with Crippen molar-refractivity contribution in [2.24, 2.45) is 5.73 Å². The second-order valence-corrected chi connectivity index (χ2v) is 4.74. The summed E-state index contributed by atoms with van der Waals surface area (Å²) in [5, 5.41) is 1.04. The van der Waals surface area contributed by atoms with E-state index in [0.717, 1.165) is 33.7 Å². The summed E-state index contributed by atoms with van der Waals surface area (Å²) in [5.41, 5.74) is 10.8. The summed E-state index contributed by atoms with van der Waals surface area (Å²) >= 11 is 0. The molecule has 4 nitrogen and oxygen atoms in total. The van der Waals surface area contributed by atoms with Crippen LogP contribution in [0.4, 0.5) is 0 Å². The first-order valence-corrected chi connectivity index (χ1v) is 6.30. The molecule has 0 bridgehead atoms. The van der Waals surface area contributed by atoms with Crippen LogP contribution in [-0.4, -0.2) is 15.0 Å². The molecule has 0 unspecified atom stereocenters. The lowest BCUT2D eigenvalue weighted by Crippen LogP contribution is -1.98. The largest absolute Gasteiger partial charge is 0.346 e. The Kier molecular flexibility index (Phi) is 2.80. The molecule has 3 rings (SSSR count). The normalized spacial score (nSPS) is 11.1. The van der Waals surface area contributed by atoms with Crippen LogP contribution in [0.1, 0.15) is 16.8 Å². The van der Waals surface area contributed by atoms with Crippen molar-refractivity contribution in [3.8, 4) is 11.4 Å². The number of benzene rings is 1. The van der Waals surface area contributed by atoms with E-state index in [9.17, 15) is 0 Å². The molecule has 4 heteroatoms. The van der Waals surface area contributed by atoms with Crippen molar-refractivity contribution in [1.29, 1.82) is 0 Å². The zero-order valence-corrected chi connectivity index (χ0v) is 11.1. The molecule has 96 valence electrons. The number of aromatic nitrogens is 3. The molecule has 0 saturated heterocycles. The fourth-order valence-electron chi connectivity index (χ4n) is 2.28. The minimum Gasteiger partial charge on any atom is -0.346 e. The predicted molar refractivity (Wildman–Crippen MR) is 76.7 cm³/mol. The number of rotatable bonds is 2. The molecular weight excluding hydrogens is 236 g/mol. The Balaban J connectivity index is 2.18. The van der Waals surface area contributed by atoms with Crippen LogP contribution in [0.25, 0.3) is 22.4 Å². The third kappa shape index (κ3) is 2.00. The van der Waals surface area contributed by atoms with Crippen LogP contribution in [-0.2, 0) is 6.54 Å². The SMILES string of the molecule is Cc1ccc(-c2nc(C)c3c(CN)c[nH]c3n2)cc1. The maximum absolute atomic E-state index is 5.72. The van der Waals surface area contributed by atoms with Gasteiger partial charge in [-0.2, -0.15) is 0 Å². The predicted octanol–water partition coefficient (Wildman–Crippen LogP) is 2.70. The Labute approximate surface area is 111 Å². The maximum Gasteiger partial charge on any atom is 0.161 e. The molecule has 19 heavy (non-hydrogen) atoms. The van der Waals surface area contributed by atoms with Gasteiger partial charge in [0.05, 0.1) is 5.69 Å². The zero-order valence-electron chi connectivity index (χ0n) is 11.1. The topological polar surface area (TPSA) is 67.6 Å². The van der Waals surface area contributed by atoms with Crippen molar-refractivity contribution in [1.82, 2.24) is 15.0 Å². The summed E-state index contributed by atoms with van der Waals surface area (Å²) in [6.07, 6.45) is 1.91. The van der Waals surface area contributed by atoms with Crippen LogP contribution >= 0.6 is 0 Å². The molecule has 0 aliphatic heterocycles. The lowest BCUT2D eigenvalue weighted by atomic mass is 10.1. The fraction of sp³-hybridized carbons (Fsp3) is 0.200. The van der Waals surface area contributed by atoms with E-state index in [0.29, 0.717) is 6.54 Å². The summed E-state index contributed by atoms with van der Waals surface area (Å²) in [5.74, 6) is 0.746. The number of aromatic amines is 1. The van der Waals surface area contributed by atoms with E-state index < -0.39 is 0 Å². The van der Waals surface area contributed by atoms with E-state index in [1.165, 1.54) is 5.56 Å². The highest BCUT2D eigenvalue weighted by Crippen LogP contribution is 2.23. The smallest absolute Gasteiger partial charge is 0.161 e. The van der Waals surface area contributed by atoms with Crippen molar-refractivity contribution in [3.05, 3.63) is 47.3 Å². The number of nitrogens with zero attached hydrogens (tertiary/aromatic N) is 2. The molecule has 2 heterocycles. The number of H-pyrrole nitrogens is 1. The molecule has 0 atom stereocenters. The summed E-state index contributed by atoms with van der Waals surface area (Å²) in [6, 6.07) is 8.22. The molecule has 3 aromatic rings. The third-order valence-electron chi connectivity index (χ3n) is 3.32.